The Morgan fingerprint density at radius 1 is 1.16 bits per heavy atom. The lowest BCUT2D eigenvalue weighted by Gasteiger charge is -2.08. The average Bonchev–Trinajstić information content (AvgIpc) is 2.43. The number of hydrogen-bond donors (Lipinski definition) is 1. The molecule has 0 spiro atoms. The van der Waals surface area contributed by atoms with Gasteiger partial charge in [0.25, 0.3) is 0 Å². The average molecular weight is 254 g/mol. The molecule has 19 heavy (non-hydrogen) atoms. The van der Waals surface area contributed by atoms with Crippen LogP contribution in [0.15, 0.2) is 24.4 Å². The number of methoxy groups -OCH3 is 1. The summed E-state index contributed by atoms with van der Waals surface area (Å²) in [6.07, 6.45) is 1.76. The van der Waals surface area contributed by atoms with Gasteiger partial charge in [-0.1, -0.05) is 0 Å². The maximum atomic E-state index is 5.55. The highest BCUT2D eigenvalue weighted by Gasteiger charge is 2.08. The fraction of sp³-hybridized carbons (Fsp3) is 0.214. The zero-order valence-corrected chi connectivity index (χ0v) is 10.8. The molecule has 0 saturated carbocycles. The molecule has 0 radical (unpaired) electrons. The Labute approximate surface area is 110 Å². The van der Waals surface area contributed by atoms with Crippen LogP contribution in [0.1, 0.15) is 11.4 Å². The van der Waals surface area contributed by atoms with Gasteiger partial charge in [0.05, 0.1) is 13.7 Å². The first-order valence-corrected chi connectivity index (χ1v) is 6.02. The normalized spacial score (nSPS) is 11.1. The Morgan fingerprint density at radius 2 is 2.00 bits per heavy atom. The molecule has 0 fully saturated rings. The predicted molar refractivity (Wildman–Crippen MR) is 74.0 cm³/mol. The van der Waals surface area contributed by atoms with E-state index in [4.69, 9.17) is 10.5 Å². The fourth-order valence-corrected chi connectivity index (χ4v) is 2.14. The maximum absolute atomic E-state index is 5.55. The third kappa shape index (κ3) is 1.98. The highest BCUT2D eigenvalue weighted by Crippen LogP contribution is 2.27. The largest absolute Gasteiger partial charge is 0.494 e. The molecule has 0 aliphatic carbocycles. The first kappa shape index (κ1) is 11.8. The van der Waals surface area contributed by atoms with Gasteiger partial charge in [-0.25, -0.2) is 15.0 Å². The summed E-state index contributed by atoms with van der Waals surface area (Å²) in [5.74, 6) is 1.34. The van der Waals surface area contributed by atoms with Gasteiger partial charge in [-0.15, -0.1) is 0 Å². The molecule has 2 heterocycles. The van der Waals surface area contributed by atoms with Crippen molar-refractivity contribution in [3.63, 3.8) is 0 Å². The van der Waals surface area contributed by atoms with Crippen LogP contribution in [0, 0.1) is 6.92 Å². The Balaban J connectivity index is 2.38. The van der Waals surface area contributed by atoms with Crippen molar-refractivity contribution in [1.82, 2.24) is 15.0 Å². The minimum Gasteiger partial charge on any atom is -0.494 e. The van der Waals surface area contributed by atoms with E-state index in [1.807, 2.05) is 19.1 Å². The van der Waals surface area contributed by atoms with Crippen molar-refractivity contribution >= 4 is 21.9 Å². The first-order valence-electron chi connectivity index (χ1n) is 6.02. The molecular formula is C14H14N4O. The molecule has 96 valence electrons. The maximum Gasteiger partial charge on any atom is 0.163 e. The fourth-order valence-electron chi connectivity index (χ4n) is 2.14. The van der Waals surface area contributed by atoms with E-state index in [1.165, 1.54) is 0 Å². The molecular weight excluding hydrogens is 240 g/mol. The van der Waals surface area contributed by atoms with E-state index in [0.29, 0.717) is 18.0 Å². The van der Waals surface area contributed by atoms with Gasteiger partial charge in [-0.05, 0) is 30.7 Å². The second-order valence-electron chi connectivity index (χ2n) is 4.43. The topological polar surface area (TPSA) is 73.9 Å². The second-order valence-corrected chi connectivity index (χ2v) is 4.43. The molecule has 0 unspecified atom stereocenters. The molecule has 2 N–H and O–H groups in total. The molecule has 5 nitrogen and oxygen atoms in total. The van der Waals surface area contributed by atoms with Crippen LogP contribution in [0.4, 0.5) is 0 Å². The molecule has 0 amide bonds. The summed E-state index contributed by atoms with van der Waals surface area (Å²) in [4.78, 5) is 13.1. The lowest BCUT2D eigenvalue weighted by atomic mass is 10.1. The van der Waals surface area contributed by atoms with Crippen molar-refractivity contribution in [3.8, 4) is 5.75 Å². The van der Waals surface area contributed by atoms with Crippen LogP contribution >= 0.6 is 0 Å². The van der Waals surface area contributed by atoms with Crippen LogP contribution in [0.3, 0.4) is 0 Å². The van der Waals surface area contributed by atoms with E-state index < -0.39 is 0 Å². The Kier molecular flexibility index (Phi) is 2.76. The lowest BCUT2D eigenvalue weighted by Crippen LogP contribution is -2.03. The van der Waals surface area contributed by atoms with E-state index in [0.717, 1.165) is 27.6 Å². The molecule has 5 heteroatoms. The van der Waals surface area contributed by atoms with Gasteiger partial charge >= 0.3 is 0 Å². The van der Waals surface area contributed by atoms with Crippen molar-refractivity contribution in [3.05, 3.63) is 35.8 Å². The summed E-state index contributed by atoms with van der Waals surface area (Å²) >= 11 is 0. The molecule has 0 atom stereocenters. The number of ether oxygens (including phenoxy) is 1. The van der Waals surface area contributed by atoms with Gasteiger partial charge in [0.15, 0.2) is 5.65 Å². The zero-order valence-electron chi connectivity index (χ0n) is 10.8. The number of benzene rings is 1. The summed E-state index contributed by atoms with van der Waals surface area (Å²) in [5, 5.41) is 1.92. The molecule has 1 aromatic carbocycles. The summed E-state index contributed by atoms with van der Waals surface area (Å²) in [7, 11) is 1.64. The first-order chi connectivity index (χ1) is 9.21. The van der Waals surface area contributed by atoms with Gasteiger partial charge in [0, 0.05) is 17.0 Å². The SMILES string of the molecule is COc1cc(C)cc2cc3cnc(CN)nc3nc12. The molecule has 0 bridgehead atoms. The number of aromatic nitrogens is 3. The van der Waals surface area contributed by atoms with E-state index in [9.17, 15) is 0 Å². The highest BCUT2D eigenvalue weighted by atomic mass is 16.5. The van der Waals surface area contributed by atoms with Crippen molar-refractivity contribution in [1.29, 1.82) is 0 Å². The third-order valence-corrected chi connectivity index (χ3v) is 3.03. The van der Waals surface area contributed by atoms with E-state index in [1.54, 1.807) is 13.3 Å². The van der Waals surface area contributed by atoms with Crippen LogP contribution in [-0.4, -0.2) is 22.1 Å². The molecule has 0 saturated heterocycles. The number of hydrogen-bond acceptors (Lipinski definition) is 5. The minimum absolute atomic E-state index is 0.306. The number of pyridine rings is 1. The Morgan fingerprint density at radius 3 is 2.74 bits per heavy atom. The van der Waals surface area contributed by atoms with Crippen LogP contribution in [-0.2, 0) is 6.54 Å². The van der Waals surface area contributed by atoms with Crippen molar-refractivity contribution in [2.75, 3.05) is 7.11 Å². The Bertz CT molecular complexity index is 770. The summed E-state index contributed by atoms with van der Waals surface area (Å²) < 4.78 is 5.38. The number of aryl methyl sites for hydroxylation is 1. The number of rotatable bonds is 2. The second kappa shape index (κ2) is 4.44. The molecule has 0 aliphatic heterocycles. The number of nitrogens with two attached hydrogens (primary N) is 1. The number of nitrogens with zero attached hydrogens (tertiary/aromatic N) is 3. The zero-order chi connectivity index (χ0) is 13.4. The van der Waals surface area contributed by atoms with E-state index in [2.05, 4.69) is 21.0 Å². The van der Waals surface area contributed by atoms with E-state index >= 15 is 0 Å². The van der Waals surface area contributed by atoms with Crippen molar-refractivity contribution in [2.24, 2.45) is 5.73 Å². The standard InChI is InChI=1S/C14H14N4O/c1-8-3-9-5-10-7-16-12(6-15)17-14(10)18-13(9)11(4-8)19-2/h3-5,7H,6,15H2,1-2H3. The predicted octanol–water partition coefficient (Wildman–Crippen LogP) is 1.95. The Hall–Kier alpha value is -2.27. The van der Waals surface area contributed by atoms with Gasteiger partial charge in [0.1, 0.15) is 17.1 Å². The molecule has 3 rings (SSSR count). The van der Waals surface area contributed by atoms with Gasteiger partial charge in [-0.3, -0.25) is 0 Å². The molecule has 0 aliphatic rings. The molecule has 3 aromatic rings. The third-order valence-electron chi connectivity index (χ3n) is 3.03. The minimum atomic E-state index is 0.306. The summed E-state index contributed by atoms with van der Waals surface area (Å²) in [6, 6.07) is 6.06. The number of fused-ring (bicyclic) bond motifs is 2. The lowest BCUT2D eigenvalue weighted by molar-refractivity contribution is 0.418. The van der Waals surface area contributed by atoms with E-state index in [-0.39, 0.29) is 0 Å². The van der Waals surface area contributed by atoms with Crippen LogP contribution in [0.2, 0.25) is 0 Å². The van der Waals surface area contributed by atoms with Gasteiger partial charge in [0.2, 0.25) is 0 Å². The van der Waals surface area contributed by atoms with Gasteiger partial charge < -0.3 is 10.5 Å². The molecule has 2 aromatic heterocycles. The van der Waals surface area contributed by atoms with Crippen molar-refractivity contribution in [2.45, 2.75) is 13.5 Å². The van der Waals surface area contributed by atoms with Gasteiger partial charge in [-0.2, -0.15) is 0 Å². The summed E-state index contributed by atoms with van der Waals surface area (Å²) in [6.45, 7) is 2.33. The van der Waals surface area contributed by atoms with Crippen LogP contribution < -0.4 is 10.5 Å². The van der Waals surface area contributed by atoms with Crippen LogP contribution in [0.5, 0.6) is 5.75 Å². The summed E-state index contributed by atoms with van der Waals surface area (Å²) in [5.41, 5.74) is 8.13. The van der Waals surface area contributed by atoms with Crippen molar-refractivity contribution < 1.29 is 4.74 Å². The van der Waals surface area contributed by atoms with Crippen LogP contribution in [0.25, 0.3) is 21.9 Å². The highest BCUT2D eigenvalue weighted by molar-refractivity contribution is 5.94. The monoisotopic (exact) mass is 254 g/mol. The smallest absolute Gasteiger partial charge is 0.163 e. The quantitative estimate of drug-likeness (QED) is 0.707.